The third-order valence-electron chi connectivity index (χ3n) is 7.84. The molecule has 0 aliphatic rings. The summed E-state index contributed by atoms with van der Waals surface area (Å²) in [5, 5.41) is -4.64. The number of furan rings is 1. The normalized spacial score (nSPS) is 20.0. The Morgan fingerprint density at radius 1 is 0.306 bits per heavy atom. The van der Waals surface area contributed by atoms with E-state index in [1.54, 1.807) is 0 Å². The van der Waals surface area contributed by atoms with Crippen molar-refractivity contribution in [1.29, 1.82) is 0 Å². The Morgan fingerprint density at radius 3 is 1.49 bits per heavy atom. The maximum absolute atomic E-state index is 9.94. The van der Waals surface area contributed by atoms with Crippen LogP contribution in [0.5, 0.6) is 0 Å². The number of hydrogen-bond acceptors (Lipinski definition) is 1. The molecule has 1 heteroatoms. The number of rotatable bonds is 4. The first-order chi connectivity index (χ1) is 36.4. The summed E-state index contributed by atoms with van der Waals surface area (Å²) >= 11 is 0. The minimum atomic E-state index is -1.12. The molecular formula is C48H30O. The fourth-order valence-corrected chi connectivity index (χ4v) is 5.78. The standard InChI is InChI=1S/C48H30O/c1-3-13-31(14-4-1)36-25-37(32-15-5-2-6-16-32)27-38(26-36)48-41-21-11-9-19-39(41)47(40-20-10-12-22-42(40)48)35-23-24-45-43(29-35)44-28-33-17-7-8-18-34(33)30-46(44)49-45/h1-30H/i1D,2D,3D,4D,5D,6D,7D,8D,9D,10D,11D,12D,13D,14D,15D,16D,17D,18D,19D,21D,22D,23D,24D,25D,26D,27D,28D,29D,30D. The summed E-state index contributed by atoms with van der Waals surface area (Å²) in [6, 6.07) is -26.2. The van der Waals surface area contributed by atoms with Crippen LogP contribution in [0.2, 0.25) is 0 Å². The number of fused-ring (bicyclic) bond motifs is 6. The van der Waals surface area contributed by atoms with Gasteiger partial charge in [0.25, 0.3) is 0 Å². The SMILES string of the molecule is [2H]c1cc2c(-c3c([2H])c([2H])c4oc5c([2H])c6c([2H])c([2H])c([2H])c([2H])c6c([2H])c5c4c3[2H])c3c([2H])c([2H])c([2H])c([2H])c3c(-c3c([2H])c(-c4c([2H])c([2H])c([2H])c([2H])c4[2H])c([2H])c(-c4c([2H])c([2H])c([2H])c([2H])c4[2H])c3[2H])c2c([2H])c1[2H]. The Morgan fingerprint density at radius 2 is 0.816 bits per heavy atom. The number of benzene rings is 9. The monoisotopic (exact) mass is 651 g/mol. The van der Waals surface area contributed by atoms with Crippen LogP contribution in [0.25, 0.3) is 98.8 Å². The van der Waals surface area contributed by atoms with Crippen LogP contribution in [-0.4, -0.2) is 0 Å². The molecule has 0 N–H and O–H groups in total. The molecule has 0 saturated carbocycles. The van der Waals surface area contributed by atoms with Crippen LogP contribution < -0.4 is 0 Å². The highest BCUT2D eigenvalue weighted by atomic mass is 16.3. The first-order valence-electron chi connectivity index (χ1n) is 29.0. The van der Waals surface area contributed by atoms with Gasteiger partial charge in [0.05, 0.1) is 39.8 Å². The molecule has 0 atom stereocenters. The van der Waals surface area contributed by atoms with Crippen LogP contribution in [0.15, 0.2) is 186 Å². The molecule has 1 heterocycles. The summed E-state index contributed by atoms with van der Waals surface area (Å²) < 4.78 is 267. The second kappa shape index (κ2) is 11.1. The molecular weight excluding hydrogens is 593 g/mol. The minimum absolute atomic E-state index is 0.451. The molecule has 1 aromatic heterocycles. The van der Waals surface area contributed by atoms with E-state index in [9.17, 15) is 13.7 Å². The van der Waals surface area contributed by atoms with E-state index in [2.05, 4.69) is 0 Å². The van der Waals surface area contributed by atoms with Crippen molar-refractivity contribution in [2.75, 3.05) is 0 Å². The molecule has 0 fully saturated rings. The van der Waals surface area contributed by atoms with Gasteiger partial charge in [0, 0.05) is 10.8 Å². The van der Waals surface area contributed by atoms with Gasteiger partial charge < -0.3 is 4.42 Å². The van der Waals surface area contributed by atoms with Crippen molar-refractivity contribution >= 4 is 54.3 Å². The third kappa shape index (κ3) is 4.55. The molecule has 0 saturated heterocycles. The van der Waals surface area contributed by atoms with Crippen molar-refractivity contribution in [3.63, 3.8) is 0 Å². The molecule has 0 aliphatic heterocycles. The molecule has 10 aromatic rings. The summed E-state index contributed by atoms with van der Waals surface area (Å²) in [6.45, 7) is 0. The zero-order valence-electron chi connectivity index (χ0n) is 53.5. The fraction of sp³-hybridized carbons (Fsp3) is 0. The average Bonchev–Trinajstić information content (AvgIpc) is 3.73. The molecule has 49 heavy (non-hydrogen) atoms. The van der Waals surface area contributed by atoms with Crippen LogP contribution in [0, 0.1) is 0 Å². The second-order valence-corrected chi connectivity index (χ2v) is 10.6. The Hall–Kier alpha value is -6.44. The van der Waals surface area contributed by atoms with E-state index < -0.39 is 274 Å². The first kappa shape index (κ1) is 11.3. The Balaban J connectivity index is 1.52. The highest BCUT2D eigenvalue weighted by Gasteiger charge is 2.19. The predicted molar refractivity (Wildman–Crippen MR) is 208 cm³/mol. The van der Waals surface area contributed by atoms with E-state index in [1.165, 1.54) is 0 Å². The maximum Gasteiger partial charge on any atom is 0.136 e. The van der Waals surface area contributed by atoms with Crippen molar-refractivity contribution in [2.45, 2.75) is 0 Å². The van der Waals surface area contributed by atoms with Gasteiger partial charge in [-0.25, -0.2) is 0 Å². The molecule has 0 bridgehead atoms. The highest BCUT2D eigenvalue weighted by molar-refractivity contribution is 6.22. The Kier molecular flexibility index (Phi) is 2.56. The topological polar surface area (TPSA) is 13.1 Å². The lowest BCUT2D eigenvalue weighted by Gasteiger charge is -2.19. The number of hydrogen-bond donors (Lipinski definition) is 0. The van der Waals surface area contributed by atoms with E-state index in [0.717, 1.165) is 6.07 Å². The molecule has 0 amide bonds. The van der Waals surface area contributed by atoms with Gasteiger partial charge >= 0.3 is 0 Å². The summed E-state index contributed by atoms with van der Waals surface area (Å²) in [7, 11) is 0. The molecule has 9 aromatic carbocycles. The van der Waals surface area contributed by atoms with Gasteiger partial charge in [-0.05, 0) is 119 Å². The van der Waals surface area contributed by atoms with Gasteiger partial charge in [-0.2, -0.15) is 0 Å². The van der Waals surface area contributed by atoms with Gasteiger partial charge in [-0.3, -0.25) is 0 Å². The van der Waals surface area contributed by atoms with E-state index >= 15 is 0 Å². The Bertz CT molecular complexity index is 4390. The van der Waals surface area contributed by atoms with Crippen LogP contribution in [0.1, 0.15) is 39.8 Å². The average molecular weight is 652 g/mol. The van der Waals surface area contributed by atoms with Crippen molar-refractivity contribution in [2.24, 2.45) is 0 Å². The second-order valence-electron chi connectivity index (χ2n) is 10.6. The van der Waals surface area contributed by atoms with Crippen molar-refractivity contribution in [3.05, 3.63) is 181 Å². The van der Waals surface area contributed by atoms with Crippen molar-refractivity contribution < 1.29 is 44.2 Å². The lowest BCUT2D eigenvalue weighted by Crippen LogP contribution is -1.92. The zero-order valence-corrected chi connectivity index (χ0v) is 24.5. The summed E-state index contributed by atoms with van der Waals surface area (Å²) in [4.78, 5) is 0. The molecule has 0 unspecified atom stereocenters. The Labute approximate surface area is 325 Å². The first-order valence-corrected chi connectivity index (χ1v) is 14.5. The molecule has 0 radical (unpaired) electrons. The molecule has 228 valence electrons. The van der Waals surface area contributed by atoms with Crippen LogP contribution in [0.3, 0.4) is 0 Å². The molecule has 0 spiro atoms. The fourth-order valence-electron chi connectivity index (χ4n) is 5.78. The van der Waals surface area contributed by atoms with Gasteiger partial charge in [-0.15, -0.1) is 0 Å². The maximum atomic E-state index is 9.94. The van der Waals surface area contributed by atoms with Crippen LogP contribution in [-0.2, 0) is 0 Å². The largest absolute Gasteiger partial charge is 0.456 e. The van der Waals surface area contributed by atoms with Crippen LogP contribution >= 0.6 is 0 Å². The molecule has 1 nitrogen and oxygen atoms in total. The minimum Gasteiger partial charge on any atom is -0.456 e. The molecule has 0 aliphatic carbocycles. The predicted octanol–water partition coefficient (Wildman–Crippen LogP) is 13.7. The lowest BCUT2D eigenvalue weighted by molar-refractivity contribution is 0.669. The van der Waals surface area contributed by atoms with Gasteiger partial charge in [0.1, 0.15) is 11.2 Å². The van der Waals surface area contributed by atoms with Crippen LogP contribution in [0.4, 0.5) is 0 Å². The van der Waals surface area contributed by atoms with Gasteiger partial charge in [0.15, 0.2) is 0 Å². The lowest BCUT2D eigenvalue weighted by atomic mass is 9.84. The molecule has 10 rings (SSSR count). The van der Waals surface area contributed by atoms with Crippen molar-refractivity contribution in [1.82, 2.24) is 0 Å². The summed E-state index contributed by atoms with van der Waals surface area (Å²) in [6.07, 6.45) is 0. The van der Waals surface area contributed by atoms with E-state index in [1.807, 2.05) is 0 Å². The van der Waals surface area contributed by atoms with Gasteiger partial charge in [-0.1, -0.05) is 139 Å². The third-order valence-corrected chi connectivity index (χ3v) is 7.84. The van der Waals surface area contributed by atoms with E-state index in [-0.39, 0.29) is 0 Å². The highest BCUT2D eigenvalue weighted by Crippen LogP contribution is 2.46. The van der Waals surface area contributed by atoms with E-state index in [0.29, 0.717) is 0 Å². The summed E-state index contributed by atoms with van der Waals surface area (Å²) in [5.41, 5.74) is -7.84. The zero-order chi connectivity index (χ0) is 57.5. The smallest absolute Gasteiger partial charge is 0.136 e. The summed E-state index contributed by atoms with van der Waals surface area (Å²) in [5.74, 6) is 0. The van der Waals surface area contributed by atoms with E-state index in [4.69, 9.17) is 30.5 Å². The van der Waals surface area contributed by atoms with Gasteiger partial charge in [0.2, 0.25) is 0 Å². The quantitative estimate of drug-likeness (QED) is 0.173. The van der Waals surface area contributed by atoms with Crippen molar-refractivity contribution in [3.8, 4) is 44.5 Å².